The van der Waals surface area contributed by atoms with Crippen LogP contribution in [0, 0.1) is 0 Å². The first-order valence-electron chi connectivity index (χ1n) is 7.78. The second-order valence-electron chi connectivity index (χ2n) is 5.54. The minimum atomic E-state index is -3.80. The molecule has 1 heterocycles. The maximum Gasteiger partial charge on any atom is 0.240 e. The van der Waals surface area contributed by atoms with Crippen molar-refractivity contribution < 1.29 is 16.8 Å². The van der Waals surface area contributed by atoms with E-state index in [2.05, 4.69) is 4.72 Å². The Kier molecular flexibility index (Phi) is 5.57. The van der Waals surface area contributed by atoms with Crippen LogP contribution in [-0.4, -0.2) is 23.4 Å². The molecular formula is C18H17NO4S3. The first kappa shape index (κ1) is 18.8. The molecule has 0 amide bonds. The predicted octanol–water partition coefficient (Wildman–Crippen LogP) is 3.24. The third kappa shape index (κ3) is 4.04. The minimum Gasteiger partial charge on any atom is -0.222 e. The van der Waals surface area contributed by atoms with Gasteiger partial charge in [0.15, 0.2) is 9.84 Å². The number of rotatable bonds is 7. The van der Waals surface area contributed by atoms with Crippen LogP contribution in [0.15, 0.2) is 87.3 Å². The van der Waals surface area contributed by atoms with E-state index in [9.17, 15) is 16.8 Å². The molecule has 0 radical (unpaired) electrons. The summed E-state index contributed by atoms with van der Waals surface area (Å²) in [4.78, 5) is 0.0975. The highest BCUT2D eigenvalue weighted by Crippen LogP contribution is 2.31. The van der Waals surface area contributed by atoms with Crippen molar-refractivity contribution in [1.82, 2.24) is 4.72 Å². The van der Waals surface area contributed by atoms with Gasteiger partial charge in [0.1, 0.15) is 9.46 Å². The molecule has 0 aliphatic carbocycles. The van der Waals surface area contributed by atoms with Crippen LogP contribution in [0.4, 0.5) is 0 Å². The first-order chi connectivity index (χ1) is 12.4. The summed E-state index contributed by atoms with van der Waals surface area (Å²) in [6, 6.07) is 19.7. The van der Waals surface area contributed by atoms with Crippen molar-refractivity contribution in [2.45, 2.75) is 14.4 Å². The lowest BCUT2D eigenvalue weighted by Gasteiger charge is -2.18. The largest absolute Gasteiger partial charge is 0.240 e. The highest BCUT2D eigenvalue weighted by Gasteiger charge is 2.31. The van der Waals surface area contributed by atoms with Gasteiger partial charge in [-0.15, -0.1) is 11.3 Å². The first-order valence-corrected chi connectivity index (χ1v) is 11.7. The molecule has 0 bridgehead atoms. The molecule has 1 N–H and O–H groups in total. The molecule has 5 nitrogen and oxygen atoms in total. The Balaban J connectivity index is 1.93. The smallest absolute Gasteiger partial charge is 0.222 e. The minimum absolute atomic E-state index is 0.0975. The Morgan fingerprint density at radius 1 is 0.808 bits per heavy atom. The predicted molar refractivity (Wildman–Crippen MR) is 102 cm³/mol. The van der Waals surface area contributed by atoms with Crippen LogP contribution in [0.3, 0.4) is 0 Å². The molecule has 1 atom stereocenters. The zero-order chi connectivity index (χ0) is 18.6. The van der Waals surface area contributed by atoms with Crippen LogP contribution in [0.5, 0.6) is 0 Å². The number of hydrogen-bond acceptors (Lipinski definition) is 5. The molecule has 3 rings (SSSR count). The number of benzene rings is 2. The van der Waals surface area contributed by atoms with E-state index in [1.807, 2.05) is 0 Å². The van der Waals surface area contributed by atoms with Gasteiger partial charge < -0.3 is 0 Å². The normalized spacial score (nSPS) is 13.4. The molecule has 2 aromatic carbocycles. The fraction of sp³-hybridized carbons (Fsp3) is 0.111. The van der Waals surface area contributed by atoms with Crippen LogP contribution in [-0.2, 0) is 19.9 Å². The van der Waals surface area contributed by atoms with Gasteiger partial charge in [-0.25, -0.2) is 21.6 Å². The zero-order valence-electron chi connectivity index (χ0n) is 13.6. The van der Waals surface area contributed by atoms with Crippen molar-refractivity contribution in [3.63, 3.8) is 0 Å². The summed E-state index contributed by atoms with van der Waals surface area (Å²) in [5, 5.41) is 0.670. The third-order valence-electron chi connectivity index (χ3n) is 3.83. The molecule has 8 heteroatoms. The number of thiophene rings is 1. The quantitative estimate of drug-likeness (QED) is 0.652. The average Bonchev–Trinajstić information content (AvgIpc) is 3.19. The van der Waals surface area contributed by atoms with Gasteiger partial charge in [-0.2, -0.15) is 0 Å². The van der Waals surface area contributed by atoms with Crippen molar-refractivity contribution in [2.24, 2.45) is 0 Å². The Hall–Kier alpha value is -2.00. The van der Waals surface area contributed by atoms with E-state index in [1.54, 1.807) is 60.0 Å². The van der Waals surface area contributed by atoms with E-state index in [-0.39, 0.29) is 15.6 Å². The molecule has 26 heavy (non-hydrogen) atoms. The van der Waals surface area contributed by atoms with E-state index in [0.29, 0.717) is 5.56 Å². The zero-order valence-corrected chi connectivity index (χ0v) is 16.1. The highest BCUT2D eigenvalue weighted by atomic mass is 32.2. The Morgan fingerprint density at radius 3 is 2.00 bits per heavy atom. The Morgan fingerprint density at radius 2 is 1.42 bits per heavy atom. The van der Waals surface area contributed by atoms with Gasteiger partial charge in [0.25, 0.3) is 0 Å². The van der Waals surface area contributed by atoms with Gasteiger partial charge in [-0.1, -0.05) is 54.6 Å². The number of nitrogens with one attached hydrogen (secondary N) is 1. The monoisotopic (exact) mass is 407 g/mol. The highest BCUT2D eigenvalue weighted by molar-refractivity contribution is 7.93. The summed E-state index contributed by atoms with van der Waals surface area (Å²) in [7, 11) is -7.53. The maximum absolute atomic E-state index is 13.0. The van der Waals surface area contributed by atoms with E-state index in [1.165, 1.54) is 18.2 Å². The van der Waals surface area contributed by atoms with Crippen LogP contribution in [0.25, 0.3) is 0 Å². The van der Waals surface area contributed by atoms with Crippen LogP contribution in [0.1, 0.15) is 10.8 Å². The van der Waals surface area contributed by atoms with Gasteiger partial charge in [-0.05, 0) is 29.1 Å². The Labute approximate surface area is 157 Å². The molecular weight excluding hydrogens is 390 g/mol. The molecule has 0 spiro atoms. The lowest BCUT2D eigenvalue weighted by molar-refractivity contribution is 0.570. The molecule has 0 aliphatic heterocycles. The van der Waals surface area contributed by atoms with Gasteiger partial charge in [0.05, 0.1) is 4.90 Å². The maximum atomic E-state index is 13.0. The lowest BCUT2D eigenvalue weighted by Crippen LogP contribution is -2.31. The molecule has 136 valence electrons. The van der Waals surface area contributed by atoms with Gasteiger partial charge in [0, 0.05) is 6.54 Å². The van der Waals surface area contributed by atoms with Crippen molar-refractivity contribution in [2.75, 3.05) is 6.54 Å². The lowest BCUT2D eigenvalue weighted by atomic mass is 10.1. The number of hydrogen-bond donors (Lipinski definition) is 1. The van der Waals surface area contributed by atoms with Crippen molar-refractivity contribution in [1.29, 1.82) is 0 Å². The van der Waals surface area contributed by atoms with Gasteiger partial charge in [0.2, 0.25) is 10.0 Å². The van der Waals surface area contributed by atoms with Crippen LogP contribution >= 0.6 is 11.3 Å². The topological polar surface area (TPSA) is 80.3 Å². The average molecular weight is 408 g/mol. The summed E-state index contributed by atoms with van der Waals surface area (Å²) < 4.78 is 53.7. The van der Waals surface area contributed by atoms with Crippen LogP contribution < -0.4 is 4.72 Å². The molecule has 0 aliphatic rings. The molecule has 1 unspecified atom stereocenters. The standard InChI is InChI=1S/C18H17NO4S3/c20-25(21,18-12-7-13-24-18)17(15-8-3-1-4-9-15)14-19-26(22,23)16-10-5-2-6-11-16/h1-13,17,19H,14H2. The summed E-state index contributed by atoms with van der Waals surface area (Å²) >= 11 is 1.12. The fourth-order valence-electron chi connectivity index (χ4n) is 2.51. The second-order valence-corrected chi connectivity index (χ2v) is 10.6. The summed E-state index contributed by atoms with van der Waals surface area (Å²) in [5.74, 6) is 0. The molecule has 3 aromatic rings. The number of sulfone groups is 1. The van der Waals surface area contributed by atoms with Gasteiger partial charge in [-0.3, -0.25) is 0 Å². The van der Waals surface area contributed by atoms with E-state index in [4.69, 9.17) is 0 Å². The van der Waals surface area contributed by atoms with E-state index >= 15 is 0 Å². The molecule has 0 saturated carbocycles. The second kappa shape index (κ2) is 7.71. The molecule has 0 saturated heterocycles. The molecule has 1 aromatic heterocycles. The van der Waals surface area contributed by atoms with E-state index in [0.717, 1.165) is 11.3 Å². The number of sulfonamides is 1. The summed E-state index contributed by atoms with van der Waals surface area (Å²) in [6.45, 7) is -0.249. The van der Waals surface area contributed by atoms with Crippen molar-refractivity contribution in [3.05, 3.63) is 83.7 Å². The van der Waals surface area contributed by atoms with Crippen LogP contribution in [0.2, 0.25) is 0 Å². The summed E-state index contributed by atoms with van der Waals surface area (Å²) in [5.41, 5.74) is 0.539. The fourth-order valence-corrected chi connectivity index (χ4v) is 6.55. The van der Waals surface area contributed by atoms with E-state index < -0.39 is 25.1 Å². The van der Waals surface area contributed by atoms with Crippen molar-refractivity contribution in [3.8, 4) is 0 Å². The Bertz CT molecular complexity index is 1050. The van der Waals surface area contributed by atoms with Crippen molar-refractivity contribution >= 4 is 31.2 Å². The summed E-state index contributed by atoms with van der Waals surface area (Å²) in [6.07, 6.45) is 0. The van der Waals surface area contributed by atoms with Gasteiger partial charge >= 0.3 is 0 Å². The molecule has 0 fully saturated rings. The third-order valence-corrected chi connectivity index (χ3v) is 8.81. The SMILES string of the molecule is O=S(=O)(NCC(c1ccccc1)S(=O)(=O)c1cccs1)c1ccccc1.